The van der Waals surface area contributed by atoms with Crippen molar-refractivity contribution in [2.75, 3.05) is 44.9 Å². The Morgan fingerprint density at radius 3 is 2.90 bits per heavy atom. The molecule has 2 rings (SSSR count). The van der Waals surface area contributed by atoms with Crippen molar-refractivity contribution in [3.05, 3.63) is 23.9 Å². The largest absolute Gasteiger partial charge is 0.375 e. The molecule has 0 aromatic carbocycles. The first-order valence-electron chi connectivity index (χ1n) is 7.05. The fourth-order valence-electron chi connectivity index (χ4n) is 2.36. The molecular formula is C14H23N3O3S. The number of nitrogens with zero attached hydrogens (tertiary/aromatic N) is 3. The molecule has 1 unspecified atom stereocenters. The zero-order valence-electron chi connectivity index (χ0n) is 12.8. The lowest BCUT2D eigenvalue weighted by Crippen LogP contribution is -2.45. The molecule has 1 fully saturated rings. The molecule has 0 saturated carbocycles. The molecular weight excluding hydrogens is 290 g/mol. The quantitative estimate of drug-likeness (QED) is 0.802. The van der Waals surface area contributed by atoms with E-state index in [1.165, 1.54) is 16.1 Å². The summed E-state index contributed by atoms with van der Waals surface area (Å²) in [6.07, 6.45) is 4.68. The van der Waals surface area contributed by atoms with Gasteiger partial charge in [0.25, 0.3) is 0 Å². The van der Waals surface area contributed by atoms with Gasteiger partial charge < -0.3 is 9.64 Å². The van der Waals surface area contributed by atoms with Crippen LogP contribution in [0.1, 0.15) is 12.0 Å². The standard InChI is InChI=1S/C14H23N3O3S/c1-16(2)14-10-12(6-7-15-14)4-5-13-11-17(8-9-20-13)21(3,18)19/h6-7,10,13H,4-5,8-9,11H2,1-3H3. The minimum atomic E-state index is -3.12. The Hall–Kier alpha value is -1.18. The van der Waals surface area contributed by atoms with Crippen LogP contribution in [0.2, 0.25) is 0 Å². The first-order valence-corrected chi connectivity index (χ1v) is 8.90. The Kier molecular flexibility index (Phi) is 5.18. The zero-order chi connectivity index (χ0) is 15.5. The topological polar surface area (TPSA) is 62.7 Å². The average Bonchev–Trinajstić information content (AvgIpc) is 2.45. The first kappa shape index (κ1) is 16.2. The second-order valence-corrected chi connectivity index (χ2v) is 7.55. The fourth-order valence-corrected chi connectivity index (χ4v) is 3.20. The SMILES string of the molecule is CN(C)c1cc(CCC2CN(S(C)(=O)=O)CCO2)ccn1. The number of rotatable bonds is 5. The number of morpholine rings is 1. The van der Waals surface area contributed by atoms with Crippen LogP contribution in [0.5, 0.6) is 0 Å². The van der Waals surface area contributed by atoms with Crippen molar-refractivity contribution in [3.63, 3.8) is 0 Å². The van der Waals surface area contributed by atoms with Crippen LogP contribution in [0.3, 0.4) is 0 Å². The number of hydrogen-bond acceptors (Lipinski definition) is 5. The Morgan fingerprint density at radius 1 is 1.48 bits per heavy atom. The normalized spacial score (nSPS) is 20.4. The highest BCUT2D eigenvalue weighted by molar-refractivity contribution is 7.88. The molecule has 7 heteroatoms. The van der Waals surface area contributed by atoms with Gasteiger partial charge in [-0.3, -0.25) is 0 Å². The fraction of sp³-hybridized carbons (Fsp3) is 0.643. The van der Waals surface area contributed by atoms with Crippen LogP contribution in [-0.2, 0) is 21.2 Å². The molecule has 21 heavy (non-hydrogen) atoms. The lowest BCUT2D eigenvalue weighted by atomic mass is 10.1. The number of anilines is 1. The second-order valence-electron chi connectivity index (χ2n) is 5.57. The Balaban J connectivity index is 1.92. The monoisotopic (exact) mass is 313 g/mol. The highest BCUT2D eigenvalue weighted by Crippen LogP contribution is 2.16. The van der Waals surface area contributed by atoms with Gasteiger partial charge in [-0.1, -0.05) is 0 Å². The second kappa shape index (κ2) is 6.72. The molecule has 0 aliphatic carbocycles. The van der Waals surface area contributed by atoms with Gasteiger partial charge in [0, 0.05) is 33.4 Å². The van der Waals surface area contributed by atoms with Crippen LogP contribution >= 0.6 is 0 Å². The van der Waals surface area contributed by atoms with E-state index in [1.807, 2.05) is 25.1 Å². The molecule has 1 saturated heterocycles. The van der Waals surface area contributed by atoms with Crippen LogP contribution < -0.4 is 4.90 Å². The number of hydrogen-bond donors (Lipinski definition) is 0. The van der Waals surface area contributed by atoms with Crippen molar-refractivity contribution in [1.29, 1.82) is 0 Å². The lowest BCUT2D eigenvalue weighted by molar-refractivity contribution is -0.00506. The van der Waals surface area contributed by atoms with Crippen LogP contribution in [0.4, 0.5) is 5.82 Å². The van der Waals surface area contributed by atoms with Crippen LogP contribution in [0.25, 0.3) is 0 Å². The van der Waals surface area contributed by atoms with E-state index in [0.29, 0.717) is 19.7 Å². The molecule has 0 spiro atoms. The molecule has 6 nitrogen and oxygen atoms in total. The smallest absolute Gasteiger partial charge is 0.211 e. The zero-order valence-corrected chi connectivity index (χ0v) is 13.6. The molecule has 1 aromatic heterocycles. The number of aryl methyl sites for hydroxylation is 1. The summed E-state index contributed by atoms with van der Waals surface area (Å²) in [7, 11) is 0.794. The summed E-state index contributed by atoms with van der Waals surface area (Å²) in [5, 5.41) is 0. The summed E-state index contributed by atoms with van der Waals surface area (Å²) in [5.74, 6) is 0.926. The summed E-state index contributed by atoms with van der Waals surface area (Å²) < 4.78 is 30.3. The maximum Gasteiger partial charge on any atom is 0.211 e. The van der Waals surface area contributed by atoms with Gasteiger partial charge in [-0.25, -0.2) is 13.4 Å². The predicted molar refractivity (Wildman–Crippen MR) is 83.0 cm³/mol. The highest BCUT2D eigenvalue weighted by Gasteiger charge is 2.26. The van der Waals surface area contributed by atoms with E-state index in [4.69, 9.17) is 4.74 Å². The van der Waals surface area contributed by atoms with Crippen molar-refractivity contribution in [2.45, 2.75) is 18.9 Å². The minimum Gasteiger partial charge on any atom is -0.375 e. The Bertz CT molecular complexity index is 575. The maximum absolute atomic E-state index is 11.6. The van der Waals surface area contributed by atoms with E-state index in [2.05, 4.69) is 11.1 Å². The molecule has 1 aliphatic heterocycles. The summed E-state index contributed by atoms with van der Waals surface area (Å²) in [6.45, 7) is 1.37. The number of sulfonamides is 1. The Labute approximate surface area is 126 Å². The molecule has 0 bridgehead atoms. The van der Waals surface area contributed by atoms with E-state index in [-0.39, 0.29) is 6.10 Å². The molecule has 0 N–H and O–H groups in total. The van der Waals surface area contributed by atoms with Crippen LogP contribution in [-0.4, -0.2) is 63.9 Å². The third-order valence-electron chi connectivity index (χ3n) is 3.59. The summed E-state index contributed by atoms with van der Waals surface area (Å²) in [6, 6.07) is 4.04. The number of pyridine rings is 1. The summed E-state index contributed by atoms with van der Waals surface area (Å²) in [5.41, 5.74) is 1.19. The van der Waals surface area contributed by atoms with Crippen molar-refractivity contribution in [3.8, 4) is 0 Å². The van der Waals surface area contributed by atoms with E-state index in [1.54, 1.807) is 6.20 Å². The molecule has 0 amide bonds. The summed E-state index contributed by atoms with van der Waals surface area (Å²) >= 11 is 0. The van der Waals surface area contributed by atoms with Gasteiger partial charge in [0.05, 0.1) is 19.0 Å². The maximum atomic E-state index is 11.6. The summed E-state index contributed by atoms with van der Waals surface area (Å²) in [4.78, 5) is 6.25. The third kappa shape index (κ3) is 4.66. The van der Waals surface area contributed by atoms with Gasteiger partial charge >= 0.3 is 0 Å². The lowest BCUT2D eigenvalue weighted by Gasteiger charge is -2.31. The van der Waals surface area contributed by atoms with E-state index >= 15 is 0 Å². The van der Waals surface area contributed by atoms with E-state index in [0.717, 1.165) is 18.7 Å². The predicted octanol–water partition coefficient (Wildman–Crippen LogP) is 0.741. The van der Waals surface area contributed by atoms with E-state index < -0.39 is 10.0 Å². The molecule has 0 radical (unpaired) electrons. The van der Waals surface area contributed by atoms with Crippen molar-refractivity contribution < 1.29 is 13.2 Å². The molecule has 1 aliphatic rings. The van der Waals surface area contributed by atoms with Gasteiger partial charge in [-0.2, -0.15) is 4.31 Å². The average molecular weight is 313 g/mol. The van der Waals surface area contributed by atoms with Crippen LogP contribution in [0.15, 0.2) is 18.3 Å². The molecule has 2 heterocycles. The third-order valence-corrected chi connectivity index (χ3v) is 4.86. The van der Waals surface area contributed by atoms with Gasteiger partial charge in [-0.15, -0.1) is 0 Å². The number of ether oxygens (including phenoxy) is 1. The van der Waals surface area contributed by atoms with Crippen molar-refractivity contribution >= 4 is 15.8 Å². The first-order chi connectivity index (χ1) is 9.86. The van der Waals surface area contributed by atoms with Gasteiger partial charge in [0.2, 0.25) is 10.0 Å². The molecule has 118 valence electrons. The van der Waals surface area contributed by atoms with Crippen LogP contribution in [0, 0.1) is 0 Å². The highest BCUT2D eigenvalue weighted by atomic mass is 32.2. The van der Waals surface area contributed by atoms with Gasteiger partial charge in [0.1, 0.15) is 5.82 Å². The van der Waals surface area contributed by atoms with Crippen molar-refractivity contribution in [1.82, 2.24) is 9.29 Å². The molecule has 1 aromatic rings. The van der Waals surface area contributed by atoms with E-state index in [9.17, 15) is 8.42 Å². The van der Waals surface area contributed by atoms with Gasteiger partial charge in [0.15, 0.2) is 0 Å². The Morgan fingerprint density at radius 2 is 2.24 bits per heavy atom. The minimum absolute atomic E-state index is 0.0375. The molecule has 1 atom stereocenters. The van der Waals surface area contributed by atoms with Crippen molar-refractivity contribution in [2.24, 2.45) is 0 Å². The number of aromatic nitrogens is 1. The van der Waals surface area contributed by atoms with Gasteiger partial charge in [-0.05, 0) is 30.5 Å².